The highest BCUT2D eigenvalue weighted by Gasteiger charge is 2.68. The molecule has 3 aliphatic rings. The summed E-state index contributed by atoms with van der Waals surface area (Å²) < 4.78 is 2.86. The molecule has 168 valence electrons. The monoisotopic (exact) mass is 496 g/mol. The van der Waals surface area contributed by atoms with Gasteiger partial charge in [0.25, 0.3) is 0 Å². The van der Waals surface area contributed by atoms with E-state index in [2.05, 4.69) is 43.8 Å². The summed E-state index contributed by atoms with van der Waals surface area (Å²) in [6.45, 7) is 5.07. The smallest absolute Gasteiger partial charge is 0.228 e. The number of rotatable bonds is 7. The predicted molar refractivity (Wildman–Crippen MR) is 127 cm³/mol. The lowest BCUT2D eigenvalue weighted by atomic mass is 9.82. The van der Waals surface area contributed by atoms with Crippen LogP contribution in [-0.4, -0.2) is 28.1 Å². The van der Waals surface area contributed by atoms with Crippen LogP contribution >= 0.6 is 15.9 Å². The van der Waals surface area contributed by atoms with Gasteiger partial charge in [0.15, 0.2) is 0 Å². The van der Waals surface area contributed by atoms with Crippen molar-refractivity contribution in [1.29, 1.82) is 0 Å². The molecule has 2 bridgehead atoms. The van der Waals surface area contributed by atoms with E-state index in [0.29, 0.717) is 25.4 Å². The third kappa shape index (κ3) is 3.81. The van der Waals surface area contributed by atoms with Crippen LogP contribution in [0.1, 0.15) is 30.7 Å². The van der Waals surface area contributed by atoms with E-state index in [9.17, 15) is 9.59 Å². The maximum atomic E-state index is 13.3. The zero-order valence-electron chi connectivity index (χ0n) is 18.5. The van der Waals surface area contributed by atoms with Gasteiger partial charge in [-0.1, -0.05) is 28.1 Å². The van der Waals surface area contributed by atoms with Crippen molar-refractivity contribution in [2.24, 2.45) is 29.1 Å². The fourth-order valence-electron chi connectivity index (χ4n) is 5.99. The molecular weight excluding hydrogens is 468 g/mol. The molecule has 1 aromatic carbocycles. The molecular formula is C25H29BrN4O2. The Kier molecular flexibility index (Phi) is 5.48. The van der Waals surface area contributed by atoms with E-state index < -0.39 is 0 Å². The lowest BCUT2D eigenvalue weighted by Crippen LogP contribution is -2.39. The van der Waals surface area contributed by atoms with E-state index in [0.717, 1.165) is 21.5 Å². The summed E-state index contributed by atoms with van der Waals surface area (Å²) in [6.07, 6.45) is 7.30. The summed E-state index contributed by atoms with van der Waals surface area (Å²) in [5.74, 6) is 0.774. The predicted octanol–water partition coefficient (Wildman–Crippen LogP) is 4.24. The Labute approximate surface area is 197 Å². The molecule has 5 rings (SSSR count). The lowest BCUT2D eigenvalue weighted by Gasteiger charge is -2.27. The quantitative estimate of drug-likeness (QED) is 0.562. The van der Waals surface area contributed by atoms with Crippen molar-refractivity contribution < 1.29 is 9.59 Å². The first-order chi connectivity index (χ1) is 15.4. The van der Waals surface area contributed by atoms with Crippen LogP contribution in [0.5, 0.6) is 0 Å². The molecule has 6 nitrogen and oxygen atoms in total. The average Bonchev–Trinajstić information content (AvgIpc) is 3.32. The number of nitrogens with one attached hydrogen (secondary N) is 2. The van der Waals surface area contributed by atoms with Crippen molar-refractivity contribution in [2.45, 2.75) is 39.7 Å². The molecule has 2 N–H and O–H groups in total. The van der Waals surface area contributed by atoms with Crippen LogP contribution in [0.3, 0.4) is 0 Å². The van der Waals surface area contributed by atoms with Crippen LogP contribution in [0.25, 0.3) is 0 Å². The van der Waals surface area contributed by atoms with Crippen LogP contribution in [0, 0.1) is 42.9 Å². The third-order valence-electron chi connectivity index (χ3n) is 7.59. The number of anilines is 1. The molecule has 3 aliphatic carbocycles. The van der Waals surface area contributed by atoms with Crippen LogP contribution in [0.15, 0.2) is 47.0 Å². The number of aryl methyl sites for hydroxylation is 3. The number of carbonyl (C=O) groups excluding carboxylic acids is 2. The first kappa shape index (κ1) is 21.4. The normalized spacial score (nSPS) is 26.5. The molecule has 1 heterocycles. The van der Waals surface area contributed by atoms with E-state index in [-0.39, 0.29) is 35.0 Å². The minimum Gasteiger partial charge on any atom is -0.356 e. The number of benzene rings is 1. The summed E-state index contributed by atoms with van der Waals surface area (Å²) in [6, 6.07) is 9.70. The van der Waals surface area contributed by atoms with Crippen molar-refractivity contribution in [1.82, 2.24) is 15.1 Å². The van der Waals surface area contributed by atoms with Gasteiger partial charge in [-0.05, 0) is 80.2 Å². The molecule has 0 radical (unpaired) electrons. The topological polar surface area (TPSA) is 76.0 Å². The highest BCUT2D eigenvalue weighted by molar-refractivity contribution is 9.10. The Balaban J connectivity index is 1.24. The first-order valence-corrected chi connectivity index (χ1v) is 12.2. The van der Waals surface area contributed by atoms with Gasteiger partial charge in [0.1, 0.15) is 0 Å². The summed E-state index contributed by atoms with van der Waals surface area (Å²) in [4.78, 5) is 25.9. The highest BCUT2D eigenvalue weighted by atomic mass is 79.9. The Morgan fingerprint density at radius 3 is 2.53 bits per heavy atom. The Morgan fingerprint density at radius 2 is 1.88 bits per heavy atom. The zero-order valence-corrected chi connectivity index (χ0v) is 20.1. The lowest BCUT2D eigenvalue weighted by molar-refractivity contribution is -0.124. The number of hydrogen-bond acceptors (Lipinski definition) is 3. The molecule has 0 unspecified atom stereocenters. The fraction of sp³-hybridized carbons (Fsp3) is 0.480. The number of nitrogens with zero attached hydrogens (tertiary/aromatic N) is 2. The Hall–Kier alpha value is -2.41. The van der Waals surface area contributed by atoms with Gasteiger partial charge >= 0.3 is 0 Å². The van der Waals surface area contributed by atoms with Crippen LogP contribution in [0.4, 0.5) is 5.69 Å². The molecule has 4 atom stereocenters. The number of hydrogen-bond donors (Lipinski definition) is 2. The van der Waals surface area contributed by atoms with E-state index >= 15 is 0 Å². The number of carbonyl (C=O) groups is 2. The number of amides is 2. The Bertz CT molecular complexity index is 1070. The van der Waals surface area contributed by atoms with E-state index in [1.165, 1.54) is 12.8 Å². The maximum absolute atomic E-state index is 13.3. The van der Waals surface area contributed by atoms with Crippen LogP contribution < -0.4 is 10.6 Å². The first-order valence-electron chi connectivity index (χ1n) is 11.4. The van der Waals surface area contributed by atoms with Gasteiger partial charge in [0.05, 0.1) is 11.6 Å². The van der Waals surface area contributed by atoms with Crippen LogP contribution in [0.2, 0.25) is 0 Å². The highest BCUT2D eigenvalue weighted by Crippen LogP contribution is 2.71. The maximum Gasteiger partial charge on any atom is 0.228 e. The van der Waals surface area contributed by atoms with Crippen molar-refractivity contribution in [3.05, 3.63) is 58.3 Å². The van der Waals surface area contributed by atoms with Gasteiger partial charge in [-0.15, -0.1) is 0 Å². The van der Waals surface area contributed by atoms with Gasteiger partial charge in [-0.25, -0.2) is 0 Å². The summed E-state index contributed by atoms with van der Waals surface area (Å²) in [5, 5.41) is 10.7. The largest absolute Gasteiger partial charge is 0.356 e. The van der Waals surface area contributed by atoms with E-state index in [1.54, 1.807) is 0 Å². The zero-order chi connectivity index (χ0) is 22.5. The van der Waals surface area contributed by atoms with E-state index in [4.69, 9.17) is 0 Å². The number of aromatic nitrogens is 2. The molecule has 2 fully saturated rings. The minimum atomic E-state index is -0.104. The van der Waals surface area contributed by atoms with Gasteiger partial charge < -0.3 is 10.6 Å². The molecule has 32 heavy (non-hydrogen) atoms. The second kappa shape index (κ2) is 8.18. The standard InChI is InChI=1S/C25H29BrN4O2/c1-15-13-16(2)30(29-15)12-9-22(31)27-14-19-20-7-8-21(25(20)10-11-25)23(19)24(32)28-18-5-3-17(26)4-6-18/h3-8,13,19-21,23H,9-12,14H2,1-2H3,(H,27,31)(H,28,32)/t19-,20-,21+,23+/m1/s1. The summed E-state index contributed by atoms with van der Waals surface area (Å²) in [5.41, 5.74) is 3.09. The van der Waals surface area contributed by atoms with E-state index in [1.807, 2.05) is 48.9 Å². The molecule has 0 saturated heterocycles. The van der Waals surface area contributed by atoms with Crippen molar-refractivity contribution in [3.63, 3.8) is 0 Å². The van der Waals surface area contributed by atoms with Crippen LogP contribution in [-0.2, 0) is 16.1 Å². The molecule has 1 spiro atoms. The van der Waals surface area contributed by atoms with Gasteiger partial charge in [-0.2, -0.15) is 5.10 Å². The molecule has 0 aliphatic heterocycles. The van der Waals surface area contributed by atoms with Crippen molar-refractivity contribution in [2.75, 3.05) is 11.9 Å². The number of halogens is 1. The minimum absolute atomic E-state index is 0.0150. The molecule has 2 aromatic rings. The van der Waals surface area contributed by atoms with Gasteiger partial charge in [0.2, 0.25) is 11.8 Å². The molecule has 1 aromatic heterocycles. The fourth-order valence-corrected chi connectivity index (χ4v) is 6.26. The molecule has 2 saturated carbocycles. The molecule has 7 heteroatoms. The van der Waals surface area contributed by atoms with Gasteiger partial charge in [0, 0.05) is 35.4 Å². The average molecular weight is 497 g/mol. The summed E-state index contributed by atoms with van der Waals surface area (Å²) >= 11 is 3.44. The van der Waals surface area contributed by atoms with Crippen molar-refractivity contribution >= 4 is 33.4 Å². The van der Waals surface area contributed by atoms with Gasteiger partial charge in [-0.3, -0.25) is 14.3 Å². The Morgan fingerprint density at radius 1 is 1.16 bits per heavy atom. The SMILES string of the molecule is Cc1cc(C)n(CCC(=O)NC[C@H]2[C@H](C(=O)Nc3ccc(Br)cc3)[C@@H]3C=C[C@H]2C32CC2)n1. The third-order valence-corrected chi connectivity index (χ3v) is 8.12. The summed E-state index contributed by atoms with van der Waals surface area (Å²) in [7, 11) is 0. The second-order valence-electron chi connectivity index (χ2n) is 9.56. The number of allylic oxidation sites excluding steroid dienone is 2. The van der Waals surface area contributed by atoms with Crippen molar-refractivity contribution in [3.8, 4) is 0 Å². The molecule has 2 amide bonds. The second-order valence-corrected chi connectivity index (χ2v) is 10.5.